The quantitative estimate of drug-likeness (QED) is 0.310. The van der Waals surface area contributed by atoms with E-state index in [1.54, 1.807) is 0 Å². The van der Waals surface area contributed by atoms with Crippen LogP contribution in [-0.4, -0.2) is 37.6 Å². The molecule has 1 radical (unpaired) electrons. The smallest absolute Gasteiger partial charge is 0.186 e. The Bertz CT molecular complexity index is 839. The molecule has 0 saturated carbocycles. The maximum Gasteiger partial charge on any atom is 0.186 e. The molecule has 1 atom stereocenters. The number of rotatable bonds is 11. The molecular formula is C26H37LiO3P. The number of aryl methyl sites for hydroxylation is 3. The van der Waals surface area contributed by atoms with Gasteiger partial charge in [-0.1, -0.05) is 45.4 Å². The molecule has 2 rings (SSSR count). The van der Waals surface area contributed by atoms with Crippen molar-refractivity contribution >= 4 is 38.3 Å². The molecule has 31 heavy (non-hydrogen) atoms. The van der Waals surface area contributed by atoms with E-state index in [1.807, 2.05) is 32.0 Å². The van der Waals surface area contributed by atoms with Gasteiger partial charge in [-0.3, -0.25) is 4.79 Å². The SMILES string of the molecule is Cc1cc(C)c(C(=O)Pc2ccc(OCCC(C)C)cc2OCCC(C)C)c(C)c1.[Li]. The molecule has 2 aromatic rings. The molecule has 0 heterocycles. The number of carbonyl (C=O) groups is 1. The van der Waals surface area contributed by atoms with Crippen molar-refractivity contribution in [3.63, 3.8) is 0 Å². The Morgan fingerprint density at radius 3 is 1.97 bits per heavy atom. The molecule has 0 bridgehead atoms. The van der Waals surface area contributed by atoms with Gasteiger partial charge in [0.15, 0.2) is 5.52 Å². The zero-order valence-corrected chi connectivity index (χ0v) is 21.6. The number of hydrogen-bond donors (Lipinski definition) is 0. The van der Waals surface area contributed by atoms with Crippen LogP contribution in [0.3, 0.4) is 0 Å². The molecule has 0 aliphatic heterocycles. The monoisotopic (exact) mass is 435 g/mol. The summed E-state index contributed by atoms with van der Waals surface area (Å²) in [7, 11) is 0.0251. The number of carbonyl (C=O) groups excluding carboxylic acids is 1. The zero-order chi connectivity index (χ0) is 22.3. The minimum Gasteiger partial charge on any atom is -0.493 e. The number of ether oxygens (including phenoxy) is 2. The molecule has 0 aliphatic carbocycles. The normalized spacial score (nSPS) is 11.3. The third-order valence-electron chi connectivity index (χ3n) is 5.02. The summed E-state index contributed by atoms with van der Waals surface area (Å²) in [5, 5.41) is 0.944. The van der Waals surface area contributed by atoms with Crippen molar-refractivity contribution in [2.75, 3.05) is 13.2 Å². The molecule has 0 aromatic heterocycles. The summed E-state index contributed by atoms with van der Waals surface area (Å²) >= 11 is 0. The van der Waals surface area contributed by atoms with E-state index in [0.717, 1.165) is 46.3 Å². The first kappa shape index (κ1) is 27.8. The largest absolute Gasteiger partial charge is 0.493 e. The second-order valence-corrected chi connectivity index (χ2v) is 10.2. The van der Waals surface area contributed by atoms with Crippen LogP contribution in [0, 0.1) is 32.6 Å². The summed E-state index contributed by atoms with van der Waals surface area (Å²) in [6.07, 6.45) is 1.99. The van der Waals surface area contributed by atoms with Crippen LogP contribution < -0.4 is 14.8 Å². The first-order chi connectivity index (χ1) is 14.2. The Kier molecular flexibility index (Phi) is 11.9. The van der Waals surface area contributed by atoms with E-state index in [0.29, 0.717) is 25.0 Å². The molecule has 1 unspecified atom stereocenters. The second-order valence-electron chi connectivity index (χ2n) is 8.95. The summed E-state index contributed by atoms with van der Waals surface area (Å²) in [6, 6.07) is 10.1. The van der Waals surface area contributed by atoms with E-state index >= 15 is 0 Å². The van der Waals surface area contributed by atoms with Crippen molar-refractivity contribution in [1.29, 1.82) is 0 Å². The van der Waals surface area contributed by atoms with Gasteiger partial charge < -0.3 is 9.47 Å². The zero-order valence-electron chi connectivity index (χ0n) is 20.6. The Morgan fingerprint density at radius 1 is 0.871 bits per heavy atom. The molecular weight excluding hydrogens is 398 g/mol. The molecule has 0 N–H and O–H groups in total. The van der Waals surface area contributed by atoms with Gasteiger partial charge in [-0.05, 0) is 77.3 Å². The van der Waals surface area contributed by atoms with Gasteiger partial charge in [-0.2, -0.15) is 0 Å². The molecule has 5 heteroatoms. The molecule has 0 fully saturated rings. The second kappa shape index (κ2) is 13.3. The summed E-state index contributed by atoms with van der Waals surface area (Å²) in [6.45, 7) is 16.2. The minimum absolute atomic E-state index is 0. The molecule has 0 saturated heterocycles. The third-order valence-corrected chi connectivity index (χ3v) is 6.18. The van der Waals surface area contributed by atoms with E-state index in [9.17, 15) is 4.79 Å². The Balaban J connectivity index is 0.00000480. The van der Waals surface area contributed by atoms with Crippen molar-refractivity contribution in [3.05, 3.63) is 52.6 Å². The Morgan fingerprint density at radius 2 is 1.42 bits per heavy atom. The van der Waals surface area contributed by atoms with Gasteiger partial charge in [0, 0.05) is 35.8 Å². The van der Waals surface area contributed by atoms with Crippen LogP contribution in [0.2, 0.25) is 0 Å². The van der Waals surface area contributed by atoms with Gasteiger partial charge in [0.25, 0.3) is 0 Å². The predicted octanol–water partition coefficient (Wildman–Crippen LogP) is 6.23. The van der Waals surface area contributed by atoms with Crippen LogP contribution in [0.4, 0.5) is 0 Å². The predicted molar refractivity (Wildman–Crippen MR) is 135 cm³/mol. The third kappa shape index (κ3) is 9.02. The maximum atomic E-state index is 13.2. The molecule has 165 valence electrons. The summed E-state index contributed by atoms with van der Waals surface area (Å²) in [4.78, 5) is 13.2. The van der Waals surface area contributed by atoms with Crippen LogP contribution in [0.5, 0.6) is 11.5 Å². The minimum atomic E-state index is 0. The van der Waals surface area contributed by atoms with E-state index < -0.39 is 0 Å². The maximum absolute atomic E-state index is 13.2. The van der Waals surface area contributed by atoms with Gasteiger partial charge in [0.05, 0.1) is 13.2 Å². The van der Waals surface area contributed by atoms with Crippen molar-refractivity contribution in [3.8, 4) is 11.5 Å². The van der Waals surface area contributed by atoms with Crippen LogP contribution >= 0.6 is 8.58 Å². The van der Waals surface area contributed by atoms with Gasteiger partial charge >= 0.3 is 0 Å². The average Bonchev–Trinajstić information content (AvgIpc) is 2.62. The fourth-order valence-corrected chi connectivity index (χ4v) is 4.55. The fourth-order valence-electron chi connectivity index (χ4n) is 3.36. The number of hydrogen-bond acceptors (Lipinski definition) is 3. The topological polar surface area (TPSA) is 35.5 Å². The van der Waals surface area contributed by atoms with E-state index in [-0.39, 0.29) is 33.0 Å². The van der Waals surface area contributed by atoms with E-state index in [1.165, 1.54) is 5.56 Å². The van der Waals surface area contributed by atoms with E-state index in [2.05, 4.69) is 46.8 Å². The Hall–Kier alpha value is -1.26. The van der Waals surface area contributed by atoms with Gasteiger partial charge in [-0.25, -0.2) is 0 Å². The molecule has 0 spiro atoms. The number of benzene rings is 2. The Labute approximate surface area is 202 Å². The van der Waals surface area contributed by atoms with Crippen LogP contribution in [0.1, 0.15) is 67.6 Å². The van der Waals surface area contributed by atoms with Crippen molar-refractivity contribution in [1.82, 2.24) is 0 Å². The van der Waals surface area contributed by atoms with Crippen LogP contribution in [-0.2, 0) is 0 Å². The molecule has 3 nitrogen and oxygen atoms in total. The summed E-state index contributed by atoms with van der Waals surface area (Å²) < 4.78 is 12.0. The fraction of sp³-hybridized carbons (Fsp3) is 0.500. The van der Waals surface area contributed by atoms with Gasteiger partial charge in [0.1, 0.15) is 11.5 Å². The van der Waals surface area contributed by atoms with Crippen molar-refractivity contribution in [2.45, 2.75) is 61.3 Å². The summed E-state index contributed by atoms with van der Waals surface area (Å²) in [5.74, 6) is 2.75. The van der Waals surface area contributed by atoms with Crippen LogP contribution in [0.25, 0.3) is 0 Å². The molecule has 0 amide bonds. The first-order valence-electron chi connectivity index (χ1n) is 11.0. The summed E-state index contributed by atoms with van der Waals surface area (Å²) in [5.41, 5.74) is 4.27. The van der Waals surface area contributed by atoms with Crippen molar-refractivity contribution in [2.24, 2.45) is 11.8 Å². The van der Waals surface area contributed by atoms with E-state index in [4.69, 9.17) is 9.47 Å². The van der Waals surface area contributed by atoms with Crippen molar-refractivity contribution < 1.29 is 14.3 Å². The first-order valence-corrected chi connectivity index (χ1v) is 12.0. The molecule has 0 aliphatic rings. The molecule has 2 aromatic carbocycles. The van der Waals surface area contributed by atoms with Gasteiger partial charge in [-0.15, -0.1) is 0 Å². The standard InChI is InChI=1S/C26H37O3P.Li/c1-17(2)10-12-28-22-8-9-24(23(16-22)29-13-11-18(3)4)30-26(27)25-20(6)14-19(5)15-21(25)7;/h8-9,14-18,30H,10-13H2,1-7H3;. The van der Waals surface area contributed by atoms with Crippen LogP contribution in [0.15, 0.2) is 30.3 Å². The average molecular weight is 435 g/mol. The van der Waals surface area contributed by atoms with Gasteiger partial charge in [0.2, 0.25) is 0 Å².